The Kier molecular flexibility index (Phi) is 6.49. The summed E-state index contributed by atoms with van der Waals surface area (Å²) in [7, 11) is 0. The van der Waals surface area contributed by atoms with Gasteiger partial charge in [-0.15, -0.1) is 0 Å². The van der Waals surface area contributed by atoms with Crippen LogP contribution < -0.4 is 5.32 Å². The number of unbranched alkanes of at least 4 members (excludes halogenated alkanes) is 3. The second kappa shape index (κ2) is 8.14. The van der Waals surface area contributed by atoms with Gasteiger partial charge in [0.05, 0.1) is 0 Å². The molecule has 0 atom stereocenters. The number of aliphatic carboxylic acids is 1. The highest BCUT2D eigenvalue weighted by Crippen LogP contribution is 2.05. The average molecular weight is 280 g/mol. The molecule has 0 aliphatic carbocycles. The van der Waals surface area contributed by atoms with Gasteiger partial charge in [0.2, 0.25) is 0 Å². The molecular weight excluding hydrogens is 260 g/mol. The van der Waals surface area contributed by atoms with Crippen LogP contribution in [0.3, 0.4) is 0 Å². The summed E-state index contributed by atoms with van der Waals surface area (Å²) < 4.78 is 0. The molecule has 0 aliphatic heterocycles. The van der Waals surface area contributed by atoms with E-state index in [1.165, 1.54) is 19.2 Å². The number of aromatic nitrogens is 1. The van der Waals surface area contributed by atoms with Crippen LogP contribution in [0.4, 0.5) is 0 Å². The normalized spacial score (nSPS) is 10.2. The lowest BCUT2D eigenvalue weighted by Crippen LogP contribution is -2.24. The first kappa shape index (κ1) is 15.9. The number of rotatable bonds is 9. The fourth-order valence-electron chi connectivity index (χ4n) is 1.78. The van der Waals surface area contributed by atoms with Crippen molar-refractivity contribution in [3.63, 3.8) is 0 Å². The monoisotopic (exact) mass is 280 g/mol. The highest BCUT2D eigenvalue weighted by molar-refractivity contribution is 5.99. The number of hydrogen-bond donors (Lipinski definition) is 3. The van der Waals surface area contributed by atoms with Crippen LogP contribution in [0.1, 0.15) is 59.9 Å². The van der Waals surface area contributed by atoms with E-state index in [0.717, 1.165) is 19.3 Å². The third kappa shape index (κ3) is 5.69. The standard InChI is InChI=1S/C14H20N2O4/c1-10(17)11-8-12(16-9-11)14(20)15-7-5-3-2-4-6-13(18)19/h8-9,16H,2-7H2,1H3,(H,15,20)(H,18,19). The summed E-state index contributed by atoms with van der Waals surface area (Å²) in [5, 5.41) is 11.2. The van der Waals surface area contributed by atoms with Gasteiger partial charge >= 0.3 is 5.97 Å². The first-order valence-electron chi connectivity index (χ1n) is 6.70. The second-order valence-electron chi connectivity index (χ2n) is 4.67. The Bertz CT molecular complexity index is 479. The van der Waals surface area contributed by atoms with Crippen LogP contribution in [0.25, 0.3) is 0 Å². The molecule has 1 aromatic rings. The number of hydrogen-bond acceptors (Lipinski definition) is 3. The lowest BCUT2D eigenvalue weighted by atomic mass is 10.1. The molecule has 0 spiro atoms. The minimum absolute atomic E-state index is 0.0845. The molecule has 3 N–H and O–H groups in total. The maximum Gasteiger partial charge on any atom is 0.303 e. The maximum absolute atomic E-state index is 11.7. The van der Waals surface area contributed by atoms with Crippen LogP contribution in [0, 0.1) is 0 Å². The van der Waals surface area contributed by atoms with Crippen LogP contribution in [-0.4, -0.2) is 34.3 Å². The van der Waals surface area contributed by atoms with Gasteiger partial charge in [0.15, 0.2) is 5.78 Å². The maximum atomic E-state index is 11.7. The molecule has 0 aromatic carbocycles. The van der Waals surface area contributed by atoms with Crippen molar-refractivity contribution < 1.29 is 19.5 Å². The molecule has 0 unspecified atom stereocenters. The van der Waals surface area contributed by atoms with Crippen LogP contribution in [0.2, 0.25) is 0 Å². The van der Waals surface area contributed by atoms with Gasteiger partial charge < -0.3 is 15.4 Å². The molecule has 1 rings (SSSR count). The highest BCUT2D eigenvalue weighted by atomic mass is 16.4. The van der Waals surface area contributed by atoms with Gasteiger partial charge in [0.1, 0.15) is 5.69 Å². The zero-order chi connectivity index (χ0) is 15.0. The van der Waals surface area contributed by atoms with E-state index < -0.39 is 5.97 Å². The second-order valence-corrected chi connectivity index (χ2v) is 4.67. The minimum Gasteiger partial charge on any atom is -0.481 e. The smallest absolute Gasteiger partial charge is 0.303 e. The van der Waals surface area contributed by atoms with E-state index in [0.29, 0.717) is 24.2 Å². The van der Waals surface area contributed by atoms with Crippen molar-refractivity contribution in [2.45, 2.75) is 39.0 Å². The third-order valence-corrected chi connectivity index (χ3v) is 2.94. The molecule has 1 aromatic heterocycles. The van der Waals surface area contributed by atoms with Gasteiger partial charge in [-0.1, -0.05) is 12.8 Å². The number of ketones is 1. The van der Waals surface area contributed by atoms with E-state index in [4.69, 9.17) is 5.11 Å². The summed E-state index contributed by atoms with van der Waals surface area (Å²) in [4.78, 5) is 35.9. The first-order chi connectivity index (χ1) is 9.50. The molecule has 6 heteroatoms. The number of aromatic amines is 1. The summed E-state index contributed by atoms with van der Waals surface area (Å²) in [6.45, 7) is 1.99. The Morgan fingerprint density at radius 1 is 1.20 bits per heavy atom. The van der Waals surface area contributed by atoms with Gasteiger partial charge in [0, 0.05) is 24.7 Å². The van der Waals surface area contributed by atoms with E-state index in [2.05, 4.69) is 10.3 Å². The Labute approximate surface area is 117 Å². The lowest BCUT2D eigenvalue weighted by molar-refractivity contribution is -0.137. The predicted molar refractivity (Wildman–Crippen MR) is 73.9 cm³/mol. The summed E-state index contributed by atoms with van der Waals surface area (Å²) in [5.41, 5.74) is 0.866. The van der Waals surface area contributed by atoms with E-state index in [1.807, 2.05) is 0 Å². The Morgan fingerprint density at radius 2 is 1.90 bits per heavy atom. The molecule has 0 saturated heterocycles. The van der Waals surface area contributed by atoms with E-state index >= 15 is 0 Å². The van der Waals surface area contributed by atoms with Crippen molar-refractivity contribution in [2.75, 3.05) is 6.54 Å². The minimum atomic E-state index is -0.772. The van der Waals surface area contributed by atoms with E-state index in [-0.39, 0.29) is 18.1 Å². The molecule has 1 heterocycles. The number of carboxylic acids is 1. The molecule has 0 aliphatic rings. The summed E-state index contributed by atoms with van der Waals surface area (Å²) in [5.74, 6) is -1.09. The molecule has 0 radical (unpaired) electrons. The zero-order valence-electron chi connectivity index (χ0n) is 11.6. The highest BCUT2D eigenvalue weighted by Gasteiger charge is 2.09. The molecule has 0 saturated carbocycles. The van der Waals surface area contributed by atoms with Crippen molar-refractivity contribution in [1.29, 1.82) is 0 Å². The third-order valence-electron chi connectivity index (χ3n) is 2.94. The van der Waals surface area contributed by atoms with Crippen LogP contribution in [0.5, 0.6) is 0 Å². The number of Topliss-reactive ketones (excluding diaryl/α,β-unsaturated/α-hetero) is 1. The zero-order valence-corrected chi connectivity index (χ0v) is 11.6. The topological polar surface area (TPSA) is 99.3 Å². The largest absolute Gasteiger partial charge is 0.481 e. The van der Waals surface area contributed by atoms with Crippen LogP contribution >= 0.6 is 0 Å². The first-order valence-corrected chi connectivity index (χ1v) is 6.70. The van der Waals surface area contributed by atoms with Gasteiger partial charge in [-0.05, 0) is 25.8 Å². The Balaban J connectivity index is 2.16. The molecular formula is C14H20N2O4. The molecule has 6 nitrogen and oxygen atoms in total. The number of amides is 1. The molecule has 0 bridgehead atoms. The van der Waals surface area contributed by atoms with Crippen molar-refractivity contribution >= 4 is 17.7 Å². The number of carboxylic acid groups (broad SMARTS) is 1. The van der Waals surface area contributed by atoms with Crippen LogP contribution in [-0.2, 0) is 4.79 Å². The summed E-state index contributed by atoms with van der Waals surface area (Å²) in [6, 6.07) is 1.53. The number of nitrogens with one attached hydrogen (secondary N) is 2. The van der Waals surface area contributed by atoms with Crippen molar-refractivity contribution in [1.82, 2.24) is 10.3 Å². The van der Waals surface area contributed by atoms with Crippen LogP contribution in [0.15, 0.2) is 12.3 Å². The predicted octanol–water partition coefficient (Wildman–Crippen LogP) is 1.98. The fourth-order valence-corrected chi connectivity index (χ4v) is 1.78. The number of carbonyl (C=O) groups is 3. The summed E-state index contributed by atoms with van der Waals surface area (Å²) in [6.07, 6.45) is 4.93. The van der Waals surface area contributed by atoms with E-state index in [9.17, 15) is 14.4 Å². The Morgan fingerprint density at radius 3 is 2.50 bits per heavy atom. The fraction of sp³-hybridized carbons (Fsp3) is 0.500. The summed E-state index contributed by atoms with van der Waals surface area (Å²) >= 11 is 0. The van der Waals surface area contributed by atoms with Crippen molar-refractivity contribution in [3.05, 3.63) is 23.5 Å². The SMILES string of the molecule is CC(=O)c1c[nH]c(C(=O)NCCCCCCC(=O)O)c1. The van der Waals surface area contributed by atoms with Crippen molar-refractivity contribution in [3.8, 4) is 0 Å². The quantitative estimate of drug-likeness (QED) is 0.475. The van der Waals surface area contributed by atoms with Gasteiger partial charge in [-0.3, -0.25) is 14.4 Å². The molecule has 0 fully saturated rings. The van der Waals surface area contributed by atoms with Gasteiger partial charge in [-0.25, -0.2) is 0 Å². The van der Waals surface area contributed by atoms with Crippen molar-refractivity contribution in [2.24, 2.45) is 0 Å². The number of H-pyrrole nitrogens is 1. The lowest BCUT2D eigenvalue weighted by Gasteiger charge is -2.03. The molecule has 110 valence electrons. The van der Waals surface area contributed by atoms with Gasteiger partial charge in [-0.2, -0.15) is 0 Å². The van der Waals surface area contributed by atoms with E-state index in [1.54, 1.807) is 0 Å². The Hall–Kier alpha value is -2.11. The molecule has 20 heavy (non-hydrogen) atoms. The average Bonchev–Trinajstić information content (AvgIpc) is 2.86. The number of carbonyl (C=O) groups excluding carboxylic acids is 2. The van der Waals surface area contributed by atoms with Gasteiger partial charge in [0.25, 0.3) is 5.91 Å². The molecule has 1 amide bonds.